The van der Waals surface area contributed by atoms with Gasteiger partial charge in [0.1, 0.15) is 4.60 Å². The first-order valence-corrected chi connectivity index (χ1v) is 5.87. The molecule has 1 rings (SSSR count). The fraction of sp³-hybridized carbons (Fsp3) is 0.444. The predicted octanol–water partition coefficient (Wildman–Crippen LogP) is 0.797. The molecule has 9 heteroatoms. The minimum atomic E-state index is -1.14. The molecule has 4 N–H and O–H groups in total. The molecular formula is C9H13BrN4O4. The molecule has 1 aromatic heterocycles. The van der Waals surface area contributed by atoms with E-state index < -0.39 is 12.2 Å². The Morgan fingerprint density at radius 3 is 2.28 bits per heavy atom. The molecule has 0 fully saturated rings. The number of carbonyl (C=O) groups is 2. The number of amides is 2. The van der Waals surface area contributed by atoms with Gasteiger partial charge in [-0.2, -0.15) is 0 Å². The van der Waals surface area contributed by atoms with Crippen LogP contribution in [0.4, 0.5) is 9.59 Å². The number of nitrogens with zero attached hydrogens (tertiary/aromatic N) is 2. The Morgan fingerprint density at radius 1 is 1.33 bits per heavy atom. The van der Waals surface area contributed by atoms with Crippen molar-refractivity contribution < 1.29 is 19.8 Å². The fourth-order valence-corrected chi connectivity index (χ4v) is 1.75. The number of rotatable bonds is 6. The maximum absolute atomic E-state index is 10.4. The van der Waals surface area contributed by atoms with Crippen LogP contribution in [-0.4, -0.2) is 45.0 Å². The van der Waals surface area contributed by atoms with Gasteiger partial charge in [0.2, 0.25) is 0 Å². The van der Waals surface area contributed by atoms with E-state index in [4.69, 9.17) is 10.2 Å². The van der Waals surface area contributed by atoms with E-state index >= 15 is 0 Å². The Labute approximate surface area is 111 Å². The van der Waals surface area contributed by atoms with Gasteiger partial charge in [0.25, 0.3) is 0 Å². The van der Waals surface area contributed by atoms with E-state index in [1.165, 1.54) is 0 Å². The van der Waals surface area contributed by atoms with Crippen LogP contribution in [-0.2, 0) is 6.54 Å². The Kier molecular flexibility index (Phi) is 5.43. The first kappa shape index (κ1) is 14.3. The number of halogens is 1. The molecule has 100 valence electrons. The summed E-state index contributed by atoms with van der Waals surface area (Å²) in [6.45, 7) is 0.774. The van der Waals surface area contributed by atoms with Crippen molar-refractivity contribution in [3.63, 3.8) is 0 Å². The monoisotopic (exact) mass is 320 g/mol. The van der Waals surface area contributed by atoms with E-state index in [2.05, 4.69) is 31.5 Å². The van der Waals surface area contributed by atoms with Crippen molar-refractivity contribution in [3.05, 3.63) is 17.1 Å². The second-order valence-electron chi connectivity index (χ2n) is 3.63. The van der Waals surface area contributed by atoms with Crippen LogP contribution in [0.1, 0.15) is 0 Å². The number of aromatic nitrogens is 2. The van der Waals surface area contributed by atoms with Crippen LogP contribution in [0.5, 0.6) is 0 Å². The second kappa shape index (κ2) is 6.84. The van der Waals surface area contributed by atoms with Gasteiger partial charge in [-0.25, -0.2) is 14.6 Å². The molecule has 0 unspecified atom stereocenters. The average molecular weight is 321 g/mol. The quantitative estimate of drug-likeness (QED) is 0.618. The summed E-state index contributed by atoms with van der Waals surface area (Å²) in [4.78, 5) is 24.8. The highest BCUT2D eigenvalue weighted by atomic mass is 79.9. The van der Waals surface area contributed by atoms with Crippen LogP contribution in [0.15, 0.2) is 17.1 Å². The summed E-state index contributed by atoms with van der Waals surface area (Å²) in [6.07, 6.45) is 1.04. The maximum Gasteiger partial charge on any atom is 0.404 e. The van der Waals surface area contributed by atoms with Crippen molar-refractivity contribution in [1.82, 2.24) is 20.2 Å². The predicted molar refractivity (Wildman–Crippen MR) is 65.5 cm³/mol. The van der Waals surface area contributed by atoms with Crippen LogP contribution >= 0.6 is 15.9 Å². The van der Waals surface area contributed by atoms with Gasteiger partial charge in [-0.05, 0) is 15.9 Å². The molecule has 0 aliphatic heterocycles. The van der Waals surface area contributed by atoms with Crippen molar-refractivity contribution >= 4 is 28.1 Å². The van der Waals surface area contributed by atoms with Gasteiger partial charge in [-0.1, -0.05) is 0 Å². The summed E-state index contributed by atoms with van der Waals surface area (Å²) in [5, 5.41) is 21.5. The summed E-state index contributed by atoms with van der Waals surface area (Å²) in [6, 6.07) is 0. The van der Waals surface area contributed by atoms with Gasteiger partial charge in [0.15, 0.2) is 0 Å². The first-order chi connectivity index (χ1) is 8.47. The smallest absolute Gasteiger partial charge is 0.404 e. The minimum absolute atomic E-state index is 0.158. The minimum Gasteiger partial charge on any atom is -0.465 e. The van der Waals surface area contributed by atoms with Crippen molar-refractivity contribution in [2.45, 2.75) is 6.54 Å². The number of imidazole rings is 1. The SMILES string of the molecule is O=C(O)NCC(CNC(=O)O)Cn1cnc(Br)c1. The van der Waals surface area contributed by atoms with Crippen molar-refractivity contribution in [1.29, 1.82) is 0 Å². The van der Waals surface area contributed by atoms with Gasteiger partial charge < -0.3 is 25.4 Å². The van der Waals surface area contributed by atoms with Crippen molar-refractivity contribution in [2.24, 2.45) is 5.92 Å². The van der Waals surface area contributed by atoms with Gasteiger partial charge in [-0.3, -0.25) is 0 Å². The zero-order valence-corrected chi connectivity index (χ0v) is 10.9. The average Bonchev–Trinajstić information content (AvgIpc) is 2.67. The number of hydrogen-bond donors (Lipinski definition) is 4. The highest BCUT2D eigenvalue weighted by Gasteiger charge is 2.12. The molecule has 0 saturated carbocycles. The molecule has 0 aliphatic carbocycles. The maximum atomic E-state index is 10.4. The Hall–Kier alpha value is -1.77. The Bertz CT molecular complexity index is 404. The third-order valence-electron chi connectivity index (χ3n) is 2.15. The molecule has 0 aliphatic rings. The van der Waals surface area contributed by atoms with Crippen LogP contribution in [0.2, 0.25) is 0 Å². The third kappa shape index (κ3) is 5.53. The van der Waals surface area contributed by atoms with E-state index in [1.54, 1.807) is 17.1 Å². The molecule has 0 atom stereocenters. The molecule has 2 amide bonds. The highest BCUT2D eigenvalue weighted by molar-refractivity contribution is 9.10. The lowest BCUT2D eigenvalue weighted by atomic mass is 10.1. The molecule has 0 aromatic carbocycles. The molecular weight excluding hydrogens is 308 g/mol. The summed E-state index contributed by atoms with van der Waals surface area (Å²) >= 11 is 3.20. The third-order valence-corrected chi connectivity index (χ3v) is 2.56. The summed E-state index contributed by atoms with van der Waals surface area (Å²) in [5.41, 5.74) is 0. The first-order valence-electron chi connectivity index (χ1n) is 5.08. The zero-order chi connectivity index (χ0) is 13.5. The van der Waals surface area contributed by atoms with Gasteiger partial charge in [-0.15, -0.1) is 0 Å². The second-order valence-corrected chi connectivity index (χ2v) is 4.44. The standard InChI is InChI=1S/C9H13BrN4O4/c10-7-4-14(5-13-7)3-6(1-11-8(15)16)2-12-9(17)18/h4-6,11-12H,1-3H2,(H,15,16)(H,17,18). The van der Waals surface area contributed by atoms with Crippen molar-refractivity contribution in [2.75, 3.05) is 13.1 Å². The van der Waals surface area contributed by atoms with Gasteiger partial charge in [0.05, 0.1) is 6.33 Å². The van der Waals surface area contributed by atoms with E-state index in [9.17, 15) is 9.59 Å². The van der Waals surface area contributed by atoms with Gasteiger partial charge >= 0.3 is 12.2 Å². The van der Waals surface area contributed by atoms with E-state index in [1.807, 2.05) is 0 Å². The lowest BCUT2D eigenvalue weighted by molar-refractivity contribution is 0.187. The Balaban J connectivity index is 2.52. The Morgan fingerprint density at radius 2 is 1.89 bits per heavy atom. The number of carboxylic acid groups (broad SMARTS) is 2. The summed E-state index contributed by atoms with van der Waals surface area (Å²) in [5.74, 6) is -0.196. The molecule has 0 spiro atoms. The number of nitrogens with one attached hydrogen (secondary N) is 2. The number of hydrogen-bond acceptors (Lipinski definition) is 3. The fourth-order valence-electron chi connectivity index (χ4n) is 1.40. The molecule has 0 radical (unpaired) electrons. The topological polar surface area (TPSA) is 116 Å². The van der Waals surface area contributed by atoms with Crippen LogP contribution in [0, 0.1) is 5.92 Å². The summed E-state index contributed by atoms with van der Waals surface area (Å²) < 4.78 is 2.42. The largest absolute Gasteiger partial charge is 0.465 e. The van der Waals surface area contributed by atoms with E-state index in [0.717, 1.165) is 0 Å². The normalized spacial score (nSPS) is 10.3. The van der Waals surface area contributed by atoms with E-state index in [-0.39, 0.29) is 19.0 Å². The highest BCUT2D eigenvalue weighted by Crippen LogP contribution is 2.07. The summed E-state index contributed by atoms with van der Waals surface area (Å²) in [7, 11) is 0. The van der Waals surface area contributed by atoms with Crippen LogP contribution in [0.3, 0.4) is 0 Å². The lowest BCUT2D eigenvalue weighted by Gasteiger charge is -2.16. The zero-order valence-electron chi connectivity index (χ0n) is 9.34. The molecule has 0 bridgehead atoms. The molecule has 1 heterocycles. The van der Waals surface area contributed by atoms with Crippen molar-refractivity contribution in [3.8, 4) is 0 Å². The lowest BCUT2D eigenvalue weighted by Crippen LogP contribution is -2.37. The molecule has 18 heavy (non-hydrogen) atoms. The molecule has 1 aromatic rings. The molecule has 0 saturated heterocycles. The molecule has 8 nitrogen and oxygen atoms in total. The van der Waals surface area contributed by atoms with E-state index in [0.29, 0.717) is 11.1 Å². The van der Waals surface area contributed by atoms with Gasteiger partial charge in [0, 0.05) is 31.7 Å². The van der Waals surface area contributed by atoms with Crippen LogP contribution < -0.4 is 10.6 Å². The van der Waals surface area contributed by atoms with Crippen LogP contribution in [0.25, 0.3) is 0 Å².